The van der Waals surface area contributed by atoms with Crippen molar-refractivity contribution in [2.75, 3.05) is 20.7 Å². The Morgan fingerprint density at radius 2 is 1.96 bits per heavy atom. The molecule has 1 heterocycles. The second-order valence-electron chi connectivity index (χ2n) is 6.97. The molecule has 0 bridgehead atoms. The first kappa shape index (κ1) is 20.2. The molecule has 6 heteroatoms. The van der Waals surface area contributed by atoms with Gasteiger partial charge in [0, 0.05) is 12.6 Å². The van der Waals surface area contributed by atoms with Crippen LogP contribution in [0.3, 0.4) is 0 Å². The number of likely N-dealkylation sites (N-methyl/N-ethyl adjacent to an activating group) is 1. The number of aliphatic carboxylic acids is 1. The fourth-order valence-corrected chi connectivity index (χ4v) is 3.95. The normalized spacial score (nSPS) is 25.8. The Bertz CT molecular complexity index is 631. The van der Waals surface area contributed by atoms with Crippen LogP contribution in [0.5, 0.6) is 5.75 Å². The lowest BCUT2D eigenvalue weighted by Crippen LogP contribution is -2.48. The molecule has 1 aliphatic rings. The summed E-state index contributed by atoms with van der Waals surface area (Å²) in [5.41, 5.74) is -0.0994. The first-order valence-corrected chi connectivity index (χ1v) is 9.29. The lowest BCUT2D eigenvalue weighted by atomic mass is 9.87. The van der Waals surface area contributed by atoms with Crippen LogP contribution in [-0.4, -0.2) is 48.1 Å². The van der Waals surface area contributed by atoms with Gasteiger partial charge in [0.05, 0.1) is 13.0 Å². The summed E-state index contributed by atoms with van der Waals surface area (Å²) in [6, 6.07) is 7.25. The number of hydrogen-bond acceptors (Lipinski definition) is 4. The summed E-state index contributed by atoms with van der Waals surface area (Å²) in [6.45, 7) is 4.56. The van der Waals surface area contributed by atoms with Crippen LogP contribution in [0, 0.1) is 5.92 Å². The SMILES string of the molecule is CCCCNC(=O)[C@H]1C[C@@](CC)(C(=O)O)N(C)[C@H]1c1ccc(OC)cc1. The number of nitrogens with zero attached hydrogens (tertiary/aromatic N) is 1. The molecule has 2 N–H and O–H groups in total. The van der Waals surface area contributed by atoms with Crippen molar-refractivity contribution >= 4 is 11.9 Å². The number of carboxylic acid groups (broad SMARTS) is 1. The van der Waals surface area contributed by atoms with Crippen LogP contribution in [0.15, 0.2) is 24.3 Å². The van der Waals surface area contributed by atoms with E-state index in [0.29, 0.717) is 19.4 Å². The maximum atomic E-state index is 12.8. The summed E-state index contributed by atoms with van der Waals surface area (Å²) in [7, 11) is 3.42. The Hall–Kier alpha value is -2.08. The monoisotopic (exact) mass is 362 g/mol. The summed E-state index contributed by atoms with van der Waals surface area (Å²) in [4.78, 5) is 26.8. The van der Waals surface area contributed by atoms with Crippen LogP contribution in [0.25, 0.3) is 0 Å². The molecule has 0 unspecified atom stereocenters. The Labute approximate surface area is 155 Å². The molecule has 1 fully saturated rings. The molecule has 1 amide bonds. The van der Waals surface area contributed by atoms with Crippen molar-refractivity contribution in [2.45, 2.75) is 51.1 Å². The van der Waals surface area contributed by atoms with Crippen molar-refractivity contribution in [1.82, 2.24) is 10.2 Å². The van der Waals surface area contributed by atoms with Crippen molar-refractivity contribution in [3.63, 3.8) is 0 Å². The van der Waals surface area contributed by atoms with E-state index in [-0.39, 0.29) is 11.9 Å². The minimum atomic E-state index is -1.03. The van der Waals surface area contributed by atoms with Gasteiger partial charge in [-0.3, -0.25) is 14.5 Å². The van der Waals surface area contributed by atoms with Gasteiger partial charge in [-0.2, -0.15) is 0 Å². The number of rotatable bonds is 8. The second-order valence-corrected chi connectivity index (χ2v) is 6.97. The fourth-order valence-electron chi connectivity index (χ4n) is 3.95. The minimum absolute atomic E-state index is 0.0670. The lowest BCUT2D eigenvalue weighted by Gasteiger charge is -2.34. The molecular weight excluding hydrogens is 332 g/mol. The number of likely N-dealkylation sites (tertiary alicyclic amines) is 1. The highest BCUT2D eigenvalue weighted by atomic mass is 16.5. The number of carbonyl (C=O) groups excluding carboxylic acids is 1. The van der Waals surface area contributed by atoms with E-state index in [1.54, 1.807) is 7.11 Å². The zero-order valence-corrected chi connectivity index (χ0v) is 16.1. The van der Waals surface area contributed by atoms with Gasteiger partial charge in [0.2, 0.25) is 5.91 Å². The molecule has 1 aromatic carbocycles. The quantitative estimate of drug-likeness (QED) is 0.695. The van der Waals surface area contributed by atoms with Crippen molar-refractivity contribution < 1.29 is 19.4 Å². The van der Waals surface area contributed by atoms with Crippen molar-refractivity contribution in [2.24, 2.45) is 5.92 Å². The molecule has 0 radical (unpaired) electrons. The van der Waals surface area contributed by atoms with Gasteiger partial charge < -0.3 is 15.2 Å². The number of benzene rings is 1. The zero-order chi connectivity index (χ0) is 19.3. The van der Waals surface area contributed by atoms with Gasteiger partial charge in [0.1, 0.15) is 11.3 Å². The Balaban J connectivity index is 2.37. The summed E-state index contributed by atoms with van der Waals surface area (Å²) in [5.74, 6) is -0.604. The van der Waals surface area contributed by atoms with Crippen molar-refractivity contribution in [3.05, 3.63) is 29.8 Å². The van der Waals surface area contributed by atoms with Crippen molar-refractivity contribution in [3.8, 4) is 5.75 Å². The third-order valence-corrected chi connectivity index (χ3v) is 5.64. The molecule has 3 atom stereocenters. The van der Waals surface area contributed by atoms with Gasteiger partial charge in [0.15, 0.2) is 0 Å². The standard InChI is InChI=1S/C20H30N2O4/c1-5-7-12-21-18(23)16-13-20(6-2,19(24)25)22(3)17(16)14-8-10-15(26-4)11-9-14/h8-11,16-17H,5-7,12-13H2,1-4H3,(H,21,23)(H,24,25)/t16-,17-,20-/m0/s1. The second kappa shape index (κ2) is 8.54. The largest absolute Gasteiger partial charge is 0.497 e. The molecule has 0 aliphatic carbocycles. The van der Waals surface area contributed by atoms with Gasteiger partial charge in [-0.1, -0.05) is 32.4 Å². The number of nitrogens with one attached hydrogen (secondary N) is 1. The molecule has 2 rings (SSSR count). The number of ether oxygens (including phenoxy) is 1. The van der Waals surface area contributed by atoms with E-state index >= 15 is 0 Å². The predicted octanol–water partition coefficient (Wildman–Crippen LogP) is 2.84. The van der Waals surface area contributed by atoms with E-state index in [1.807, 2.05) is 43.1 Å². The number of unbranched alkanes of at least 4 members (excludes halogenated alkanes) is 1. The highest BCUT2D eigenvalue weighted by Gasteiger charge is 2.56. The van der Waals surface area contributed by atoms with E-state index in [4.69, 9.17) is 4.74 Å². The van der Waals surface area contributed by atoms with Crippen LogP contribution in [-0.2, 0) is 9.59 Å². The molecule has 1 aliphatic heterocycles. The molecule has 1 saturated heterocycles. The Morgan fingerprint density at radius 3 is 2.46 bits per heavy atom. The third-order valence-electron chi connectivity index (χ3n) is 5.64. The molecule has 0 spiro atoms. The number of hydrogen-bond donors (Lipinski definition) is 2. The van der Waals surface area contributed by atoms with Gasteiger partial charge >= 0.3 is 5.97 Å². The predicted molar refractivity (Wildman–Crippen MR) is 100 cm³/mol. The Kier molecular flexibility index (Phi) is 6.64. The number of amides is 1. The molecule has 6 nitrogen and oxygen atoms in total. The third kappa shape index (κ3) is 3.70. The van der Waals surface area contributed by atoms with Gasteiger partial charge in [-0.25, -0.2) is 0 Å². The van der Waals surface area contributed by atoms with E-state index in [1.165, 1.54) is 0 Å². The highest BCUT2D eigenvalue weighted by Crippen LogP contribution is 2.47. The molecule has 26 heavy (non-hydrogen) atoms. The van der Waals surface area contributed by atoms with Crippen LogP contribution < -0.4 is 10.1 Å². The summed E-state index contributed by atoms with van der Waals surface area (Å²) >= 11 is 0. The van der Waals surface area contributed by atoms with Crippen LogP contribution >= 0.6 is 0 Å². The molecule has 144 valence electrons. The van der Waals surface area contributed by atoms with Crippen LogP contribution in [0.4, 0.5) is 0 Å². The van der Waals surface area contributed by atoms with E-state index in [0.717, 1.165) is 24.2 Å². The summed E-state index contributed by atoms with van der Waals surface area (Å²) in [5, 5.41) is 12.9. The maximum absolute atomic E-state index is 12.8. The van der Waals surface area contributed by atoms with E-state index < -0.39 is 17.4 Å². The minimum Gasteiger partial charge on any atom is -0.497 e. The average Bonchev–Trinajstić information content (AvgIpc) is 2.95. The maximum Gasteiger partial charge on any atom is 0.324 e. The lowest BCUT2D eigenvalue weighted by molar-refractivity contribution is -0.150. The topological polar surface area (TPSA) is 78.9 Å². The molecule has 0 saturated carbocycles. The number of carboxylic acids is 1. The Morgan fingerprint density at radius 1 is 1.31 bits per heavy atom. The van der Waals surface area contributed by atoms with Gasteiger partial charge in [-0.05, 0) is 44.0 Å². The van der Waals surface area contributed by atoms with E-state index in [9.17, 15) is 14.7 Å². The molecular formula is C20H30N2O4. The molecule has 0 aromatic heterocycles. The number of carbonyl (C=O) groups is 2. The van der Waals surface area contributed by atoms with Crippen LogP contribution in [0.1, 0.15) is 51.1 Å². The highest BCUT2D eigenvalue weighted by molar-refractivity contribution is 5.85. The number of methoxy groups -OCH3 is 1. The van der Waals surface area contributed by atoms with Crippen LogP contribution in [0.2, 0.25) is 0 Å². The van der Waals surface area contributed by atoms with E-state index in [2.05, 4.69) is 12.2 Å². The van der Waals surface area contributed by atoms with Gasteiger partial charge in [-0.15, -0.1) is 0 Å². The first-order chi connectivity index (χ1) is 12.4. The smallest absolute Gasteiger partial charge is 0.324 e. The van der Waals surface area contributed by atoms with Gasteiger partial charge in [0.25, 0.3) is 0 Å². The average molecular weight is 362 g/mol. The summed E-state index contributed by atoms with van der Waals surface area (Å²) < 4.78 is 5.21. The van der Waals surface area contributed by atoms with Crippen molar-refractivity contribution in [1.29, 1.82) is 0 Å². The molecule has 1 aromatic rings. The summed E-state index contributed by atoms with van der Waals surface area (Å²) in [6.07, 6.45) is 2.67. The zero-order valence-electron chi connectivity index (χ0n) is 16.1. The fraction of sp³-hybridized carbons (Fsp3) is 0.600. The first-order valence-electron chi connectivity index (χ1n) is 9.29.